The summed E-state index contributed by atoms with van der Waals surface area (Å²) in [4.78, 5) is 8.04. The van der Waals surface area contributed by atoms with Gasteiger partial charge < -0.3 is 4.98 Å². The van der Waals surface area contributed by atoms with Gasteiger partial charge in [0.15, 0.2) is 0 Å². The normalized spacial score (nSPS) is 19.2. The lowest BCUT2D eigenvalue weighted by atomic mass is 9.91. The van der Waals surface area contributed by atoms with Gasteiger partial charge >= 0.3 is 0 Å². The molecule has 0 amide bonds. The number of nitrogens with one attached hydrogen (secondary N) is 1. The predicted molar refractivity (Wildman–Crippen MR) is 115 cm³/mol. The molecule has 5 nitrogen and oxygen atoms in total. The second kappa shape index (κ2) is 7.58. The Morgan fingerprint density at radius 1 is 0.966 bits per heavy atom. The third-order valence-corrected chi connectivity index (χ3v) is 8.48. The molecular weight excluding hydrogens is 382 g/mol. The topological polar surface area (TPSA) is 66.1 Å². The van der Waals surface area contributed by atoms with Gasteiger partial charge in [0.2, 0.25) is 10.0 Å². The van der Waals surface area contributed by atoms with Crippen LogP contribution in [0.3, 0.4) is 0 Å². The zero-order valence-corrected chi connectivity index (χ0v) is 17.4. The molecular formula is C23H27N3O2S. The van der Waals surface area contributed by atoms with E-state index in [1.165, 1.54) is 36.1 Å². The van der Waals surface area contributed by atoms with E-state index >= 15 is 0 Å². The number of aromatic amines is 1. The van der Waals surface area contributed by atoms with E-state index in [9.17, 15) is 8.42 Å². The van der Waals surface area contributed by atoms with Crippen molar-refractivity contribution >= 4 is 20.9 Å². The van der Waals surface area contributed by atoms with Gasteiger partial charge in [0, 0.05) is 42.1 Å². The minimum absolute atomic E-state index is 0.410. The highest BCUT2D eigenvalue weighted by molar-refractivity contribution is 7.89. The molecule has 152 valence electrons. The summed E-state index contributed by atoms with van der Waals surface area (Å²) in [6, 6.07) is 9.70. The maximum absolute atomic E-state index is 13.3. The van der Waals surface area contributed by atoms with Gasteiger partial charge in [-0.2, -0.15) is 4.31 Å². The maximum atomic E-state index is 13.3. The van der Waals surface area contributed by atoms with Crippen molar-refractivity contribution in [3.05, 3.63) is 59.5 Å². The predicted octanol–water partition coefficient (Wildman–Crippen LogP) is 4.40. The molecule has 2 aliphatic rings. The molecule has 5 rings (SSSR count). The van der Waals surface area contributed by atoms with Crippen LogP contribution in [-0.4, -0.2) is 35.8 Å². The Morgan fingerprint density at radius 2 is 1.72 bits per heavy atom. The molecule has 1 aliphatic heterocycles. The van der Waals surface area contributed by atoms with E-state index in [0.29, 0.717) is 23.9 Å². The first kappa shape index (κ1) is 18.8. The number of pyridine rings is 1. The Morgan fingerprint density at radius 3 is 2.52 bits per heavy atom. The minimum Gasteiger partial charge on any atom is -0.358 e. The summed E-state index contributed by atoms with van der Waals surface area (Å²) in [6.07, 6.45) is 11.1. The average Bonchev–Trinajstić information content (AvgIpc) is 2.94. The van der Waals surface area contributed by atoms with Gasteiger partial charge in [-0.1, -0.05) is 6.42 Å². The quantitative estimate of drug-likeness (QED) is 0.652. The van der Waals surface area contributed by atoms with E-state index in [1.807, 2.05) is 36.7 Å². The molecule has 0 atom stereocenters. The van der Waals surface area contributed by atoms with Crippen LogP contribution in [0.2, 0.25) is 0 Å². The number of nitrogens with zero attached hydrogens (tertiary/aromatic N) is 2. The number of sulfonamides is 1. The highest BCUT2D eigenvalue weighted by Crippen LogP contribution is 2.33. The lowest BCUT2D eigenvalue weighted by molar-refractivity contribution is 0.319. The molecule has 0 bridgehead atoms. The highest BCUT2D eigenvalue weighted by Gasteiger charge is 2.30. The van der Waals surface area contributed by atoms with Crippen molar-refractivity contribution in [2.24, 2.45) is 0 Å². The molecule has 0 unspecified atom stereocenters. The number of hydrogen-bond acceptors (Lipinski definition) is 3. The van der Waals surface area contributed by atoms with Gasteiger partial charge in [-0.05, 0) is 85.9 Å². The van der Waals surface area contributed by atoms with Gasteiger partial charge in [0.25, 0.3) is 0 Å². The zero-order valence-electron chi connectivity index (χ0n) is 16.6. The van der Waals surface area contributed by atoms with Crippen molar-refractivity contribution in [3.63, 3.8) is 0 Å². The van der Waals surface area contributed by atoms with Crippen LogP contribution in [0.4, 0.5) is 0 Å². The number of hydrogen-bond donors (Lipinski definition) is 1. The summed E-state index contributed by atoms with van der Waals surface area (Å²) in [5, 5.41) is 1.09. The Hall–Kier alpha value is -2.18. The van der Waals surface area contributed by atoms with Crippen LogP contribution in [0.1, 0.15) is 54.8 Å². The molecule has 0 radical (unpaired) electrons. The Bertz CT molecular complexity index is 1110. The summed E-state index contributed by atoms with van der Waals surface area (Å²) in [5.74, 6) is 0.410. The summed E-state index contributed by atoms with van der Waals surface area (Å²) < 4.78 is 28.3. The SMILES string of the molecule is O=S(=O)(c1ccc2[nH]c3c(c2c1)CCCCC3)N1CCC(c2ccncc2)CC1. The number of piperidine rings is 1. The Labute approximate surface area is 172 Å². The maximum Gasteiger partial charge on any atom is 0.243 e. The summed E-state index contributed by atoms with van der Waals surface area (Å²) in [6.45, 7) is 1.14. The molecule has 3 heterocycles. The van der Waals surface area contributed by atoms with E-state index in [-0.39, 0.29) is 0 Å². The molecule has 1 N–H and O–H groups in total. The fourth-order valence-electron chi connectivity index (χ4n) is 4.94. The molecule has 0 spiro atoms. The number of rotatable bonds is 3. The Kier molecular flexibility index (Phi) is 4.92. The number of aromatic nitrogens is 2. The Balaban J connectivity index is 1.40. The van der Waals surface area contributed by atoms with Crippen molar-refractivity contribution in [2.45, 2.75) is 55.8 Å². The standard InChI is InChI=1S/C23H27N3O2S/c27-29(28,26-14-10-18(11-15-26)17-8-12-24-13-9-17)19-6-7-23-21(16-19)20-4-2-1-3-5-22(20)25-23/h6-9,12-13,16,18,25H,1-5,10-11,14-15H2. The molecule has 1 fully saturated rings. The van der Waals surface area contributed by atoms with Gasteiger partial charge in [-0.25, -0.2) is 8.42 Å². The van der Waals surface area contributed by atoms with Crippen molar-refractivity contribution in [1.29, 1.82) is 0 Å². The third kappa shape index (κ3) is 3.49. The molecule has 2 aromatic heterocycles. The smallest absolute Gasteiger partial charge is 0.243 e. The van der Waals surface area contributed by atoms with E-state index in [1.54, 1.807) is 10.4 Å². The molecule has 1 aromatic carbocycles. The van der Waals surface area contributed by atoms with Gasteiger partial charge in [0.1, 0.15) is 0 Å². The molecule has 1 saturated heterocycles. The number of benzene rings is 1. The van der Waals surface area contributed by atoms with Crippen LogP contribution in [-0.2, 0) is 22.9 Å². The fraction of sp³-hybridized carbons (Fsp3) is 0.435. The van der Waals surface area contributed by atoms with Crippen molar-refractivity contribution in [1.82, 2.24) is 14.3 Å². The first-order valence-corrected chi connectivity index (χ1v) is 12.1. The van der Waals surface area contributed by atoms with Crippen LogP contribution < -0.4 is 0 Å². The van der Waals surface area contributed by atoms with Crippen LogP contribution in [0.5, 0.6) is 0 Å². The first-order valence-electron chi connectivity index (χ1n) is 10.7. The van der Waals surface area contributed by atoms with Gasteiger partial charge in [0.05, 0.1) is 4.90 Å². The number of fused-ring (bicyclic) bond motifs is 3. The lowest BCUT2D eigenvalue weighted by Gasteiger charge is -2.31. The zero-order chi connectivity index (χ0) is 19.8. The van der Waals surface area contributed by atoms with Crippen molar-refractivity contribution in [3.8, 4) is 0 Å². The van der Waals surface area contributed by atoms with Crippen LogP contribution in [0, 0.1) is 0 Å². The highest BCUT2D eigenvalue weighted by atomic mass is 32.2. The van der Waals surface area contributed by atoms with Crippen LogP contribution >= 0.6 is 0 Å². The van der Waals surface area contributed by atoms with Gasteiger partial charge in [-0.15, -0.1) is 0 Å². The number of H-pyrrole nitrogens is 1. The van der Waals surface area contributed by atoms with Gasteiger partial charge in [-0.3, -0.25) is 4.98 Å². The number of aryl methyl sites for hydroxylation is 2. The third-order valence-electron chi connectivity index (χ3n) is 6.59. The molecule has 0 saturated carbocycles. The van der Waals surface area contributed by atoms with E-state index < -0.39 is 10.0 Å². The summed E-state index contributed by atoms with van der Waals surface area (Å²) in [5.41, 5.74) is 4.94. The second-order valence-electron chi connectivity index (χ2n) is 8.31. The molecule has 3 aromatic rings. The first-order chi connectivity index (χ1) is 14.1. The van der Waals surface area contributed by atoms with Crippen molar-refractivity contribution in [2.75, 3.05) is 13.1 Å². The molecule has 1 aliphatic carbocycles. The van der Waals surface area contributed by atoms with Crippen molar-refractivity contribution < 1.29 is 8.42 Å². The van der Waals surface area contributed by atoms with E-state index in [0.717, 1.165) is 36.6 Å². The monoisotopic (exact) mass is 409 g/mol. The minimum atomic E-state index is -3.47. The lowest BCUT2D eigenvalue weighted by Crippen LogP contribution is -2.37. The molecule has 6 heteroatoms. The molecule has 29 heavy (non-hydrogen) atoms. The summed E-state index contributed by atoms with van der Waals surface area (Å²) >= 11 is 0. The summed E-state index contributed by atoms with van der Waals surface area (Å²) in [7, 11) is -3.47. The largest absolute Gasteiger partial charge is 0.358 e. The van der Waals surface area contributed by atoms with E-state index in [4.69, 9.17) is 0 Å². The average molecular weight is 410 g/mol. The fourth-order valence-corrected chi connectivity index (χ4v) is 6.43. The second-order valence-corrected chi connectivity index (χ2v) is 10.2. The van der Waals surface area contributed by atoms with E-state index in [2.05, 4.69) is 9.97 Å². The van der Waals surface area contributed by atoms with Crippen LogP contribution in [0.15, 0.2) is 47.6 Å². The van der Waals surface area contributed by atoms with Crippen LogP contribution in [0.25, 0.3) is 10.9 Å².